The fraction of sp³-hybridized carbons (Fsp3) is 1.00. The van der Waals surface area contributed by atoms with Gasteiger partial charge in [0.1, 0.15) is 5.54 Å². The van der Waals surface area contributed by atoms with Crippen LogP contribution in [0, 0.1) is 43.8 Å². The summed E-state index contributed by atoms with van der Waals surface area (Å²) in [6.45, 7) is 15.4. The molecule has 55 heavy (non-hydrogen) atoms. The Balaban J connectivity index is 1.78. The van der Waals surface area contributed by atoms with Crippen LogP contribution in [0.3, 0.4) is 0 Å². The zero-order valence-corrected chi connectivity index (χ0v) is 38.1. The fourth-order valence-electron chi connectivity index (χ4n) is 15.6. The number of nitroso groups, excluding NO2 is 1. The van der Waals surface area contributed by atoms with Crippen LogP contribution in [-0.2, 0) is 0 Å². The number of hydrogen-bond donors (Lipinski definition) is 1. The van der Waals surface area contributed by atoms with Crippen LogP contribution in [0.4, 0.5) is 0 Å². The number of unbranched alkanes of at least 4 members (excludes halogenated alkanes) is 2. The molecule has 320 valence electrons. The van der Waals surface area contributed by atoms with Gasteiger partial charge in [0.25, 0.3) is 0 Å². The van der Waals surface area contributed by atoms with Crippen LogP contribution in [-0.4, -0.2) is 18.6 Å². The van der Waals surface area contributed by atoms with Gasteiger partial charge in [-0.15, -0.1) is 0 Å². The molecule has 3 nitrogen and oxygen atoms in total. The summed E-state index contributed by atoms with van der Waals surface area (Å²) in [6.07, 6.45) is 49.8. The maximum atomic E-state index is 15.0. The molecule has 8 atom stereocenters. The summed E-state index contributed by atoms with van der Waals surface area (Å²) in [7, 11) is 0. The largest absolute Gasteiger partial charge is 0.316 e. The van der Waals surface area contributed by atoms with Crippen LogP contribution in [0.1, 0.15) is 272 Å². The highest BCUT2D eigenvalue weighted by molar-refractivity contribution is 5.21. The van der Waals surface area contributed by atoms with Crippen molar-refractivity contribution in [1.82, 2.24) is 5.32 Å². The van der Waals surface area contributed by atoms with Crippen LogP contribution < -0.4 is 5.32 Å². The summed E-state index contributed by atoms with van der Waals surface area (Å²) >= 11 is 0. The van der Waals surface area contributed by atoms with Crippen LogP contribution in [0.2, 0.25) is 0 Å². The number of rotatable bonds is 8. The Hall–Kier alpha value is -0.440. The second-order valence-corrected chi connectivity index (χ2v) is 22.0. The molecule has 0 radical (unpaired) electrons. The molecule has 3 heteroatoms. The lowest BCUT2D eigenvalue weighted by Crippen LogP contribution is -2.67. The van der Waals surface area contributed by atoms with E-state index in [2.05, 4.69) is 39.9 Å². The number of hydrogen-bond acceptors (Lipinski definition) is 3. The predicted molar refractivity (Wildman–Crippen MR) is 240 cm³/mol. The van der Waals surface area contributed by atoms with Gasteiger partial charge < -0.3 is 5.32 Å². The Labute approximate surface area is 344 Å². The highest BCUT2D eigenvalue weighted by atomic mass is 16.3. The van der Waals surface area contributed by atoms with Gasteiger partial charge in [-0.05, 0) is 149 Å². The van der Waals surface area contributed by atoms with Crippen molar-refractivity contribution in [3.05, 3.63) is 4.91 Å². The van der Waals surface area contributed by atoms with E-state index in [1.807, 2.05) is 0 Å². The predicted octanol–water partition coefficient (Wildman–Crippen LogP) is 16.8. The van der Waals surface area contributed by atoms with E-state index in [9.17, 15) is 4.91 Å². The molecule has 0 amide bonds. The second kappa shape index (κ2) is 21.7. The average molecular weight is 765 g/mol. The summed E-state index contributed by atoms with van der Waals surface area (Å²) in [5.74, 6) is 1.41. The van der Waals surface area contributed by atoms with Crippen LogP contribution in [0.5, 0.6) is 0 Å². The van der Waals surface area contributed by atoms with E-state index in [-0.39, 0.29) is 21.7 Å². The minimum atomic E-state index is -0.492. The molecule has 4 saturated carbocycles. The number of nitrogens with zero attached hydrogens (tertiary/aromatic N) is 1. The molecule has 4 aliphatic carbocycles. The van der Waals surface area contributed by atoms with Crippen molar-refractivity contribution in [3.63, 3.8) is 0 Å². The average Bonchev–Trinajstić information content (AvgIpc) is 3.36. The molecule has 0 aromatic rings. The van der Waals surface area contributed by atoms with E-state index in [0.29, 0.717) is 11.3 Å². The normalized spacial score (nSPS) is 41.5. The molecule has 5 fully saturated rings. The third-order valence-electron chi connectivity index (χ3n) is 19.1. The Morgan fingerprint density at radius 2 is 1.15 bits per heavy atom. The molecule has 0 aromatic heterocycles. The smallest absolute Gasteiger partial charge is 0.109 e. The summed E-state index contributed by atoms with van der Waals surface area (Å²) < 4.78 is 0. The Morgan fingerprint density at radius 3 is 1.87 bits per heavy atom. The SMILES string of the molecule is CCCCCC12CCCCCCC(C)(CCCC1)C1(CC)C(N=O)(CCC3CCCCCCCC1(C1CCCCCCNC1)CCC3)CCC(C)(CC)CC2. The molecular formula is C52H96N2O. The van der Waals surface area contributed by atoms with Gasteiger partial charge in [0.15, 0.2) is 0 Å². The van der Waals surface area contributed by atoms with E-state index in [4.69, 9.17) is 5.18 Å². The first-order valence-corrected chi connectivity index (χ1v) is 25.8. The molecule has 1 saturated heterocycles. The Kier molecular flexibility index (Phi) is 18.0. The van der Waals surface area contributed by atoms with Crippen molar-refractivity contribution < 1.29 is 0 Å². The monoisotopic (exact) mass is 765 g/mol. The van der Waals surface area contributed by atoms with Gasteiger partial charge in [0, 0.05) is 5.41 Å². The highest BCUT2D eigenvalue weighted by Crippen LogP contribution is 2.73. The second-order valence-electron chi connectivity index (χ2n) is 22.0. The van der Waals surface area contributed by atoms with E-state index in [1.54, 1.807) is 0 Å². The van der Waals surface area contributed by atoms with Gasteiger partial charge in [-0.1, -0.05) is 175 Å². The lowest BCUT2D eigenvalue weighted by molar-refractivity contribution is -0.191. The van der Waals surface area contributed by atoms with Gasteiger partial charge in [-0.3, -0.25) is 0 Å². The van der Waals surface area contributed by atoms with E-state index in [1.165, 1.54) is 231 Å². The molecule has 4 bridgehead atoms. The first-order valence-electron chi connectivity index (χ1n) is 25.8. The summed E-state index contributed by atoms with van der Waals surface area (Å²) in [6, 6.07) is 0. The van der Waals surface area contributed by atoms with Crippen molar-refractivity contribution in [1.29, 1.82) is 0 Å². The lowest BCUT2D eigenvalue weighted by atomic mass is 9.36. The fourth-order valence-corrected chi connectivity index (χ4v) is 15.6. The van der Waals surface area contributed by atoms with Crippen LogP contribution in [0.25, 0.3) is 0 Å². The van der Waals surface area contributed by atoms with Crippen molar-refractivity contribution in [2.45, 2.75) is 278 Å². The summed E-state index contributed by atoms with van der Waals surface area (Å²) in [4.78, 5) is 15.0. The zero-order chi connectivity index (χ0) is 39.1. The lowest BCUT2D eigenvalue weighted by Gasteiger charge is -2.69. The van der Waals surface area contributed by atoms with Crippen molar-refractivity contribution >= 4 is 0 Å². The molecular weight excluding hydrogens is 669 g/mol. The molecule has 5 rings (SSSR count). The maximum Gasteiger partial charge on any atom is 0.109 e. The van der Waals surface area contributed by atoms with Gasteiger partial charge in [-0.25, -0.2) is 0 Å². The van der Waals surface area contributed by atoms with E-state index >= 15 is 0 Å². The molecule has 1 N–H and O–H groups in total. The minimum absolute atomic E-state index is 0.0802. The summed E-state index contributed by atoms with van der Waals surface area (Å²) in [5.41, 5.74) is 0.499. The van der Waals surface area contributed by atoms with E-state index in [0.717, 1.165) is 25.2 Å². The third-order valence-corrected chi connectivity index (χ3v) is 19.1. The molecule has 5 aliphatic rings. The van der Waals surface area contributed by atoms with Crippen molar-refractivity contribution in [2.24, 2.45) is 44.1 Å². The molecule has 1 aliphatic heterocycles. The molecule has 0 aromatic carbocycles. The van der Waals surface area contributed by atoms with Gasteiger partial charge in [0.2, 0.25) is 0 Å². The Bertz CT molecular complexity index is 1100. The third kappa shape index (κ3) is 10.5. The van der Waals surface area contributed by atoms with Crippen molar-refractivity contribution in [3.8, 4) is 0 Å². The first-order chi connectivity index (χ1) is 26.7. The Morgan fingerprint density at radius 1 is 0.545 bits per heavy atom. The van der Waals surface area contributed by atoms with Gasteiger partial charge in [0.05, 0.1) is 0 Å². The summed E-state index contributed by atoms with van der Waals surface area (Å²) in [5, 5.41) is 9.10. The molecule has 8 unspecified atom stereocenters. The first kappa shape index (κ1) is 45.6. The minimum Gasteiger partial charge on any atom is -0.316 e. The zero-order valence-electron chi connectivity index (χ0n) is 38.1. The highest BCUT2D eigenvalue weighted by Gasteiger charge is 2.70. The maximum absolute atomic E-state index is 15.0. The molecule has 0 spiro atoms. The van der Waals surface area contributed by atoms with Gasteiger partial charge >= 0.3 is 0 Å². The number of fused-ring (bicyclic) bond motifs is 12. The van der Waals surface area contributed by atoms with Gasteiger partial charge in [-0.2, -0.15) is 4.91 Å². The van der Waals surface area contributed by atoms with Crippen LogP contribution >= 0.6 is 0 Å². The quantitative estimate of drug-likeness (QED) is 0.198. The molecule has 1 heterocycles. The van der Waals surface area contributed by atoms with E-state index < -0.39 is 5.54 Å². The number of nitrogens with one attached hydrogen (secondary N) is 1. The van der Waals surface area contributed by atoms with Crippen molar-refractivity contribution in [2.75, 3.05) is 13.1 Å². The standard InChI is InChI=1S/C52H96N2O/c1-6-9-19-33-49-34-21-15-14-20-31-48(5,32-23-24-35-49)52(8-3)50(46-29-18-12-16-25-43-53-44-46)36-22-13-10-11-17-27-45(28-26-37-50)30-38-51(52,54-55)42-40-47(4,7-2)39-41-49/h45-46,53H,6-44H2,1-5H3. The van der Waals surface area contributed by atoms with Crippen LogP contribution in [0.15, 0.2) is 5.18 Å². The topological polar surface area (TPSA) is 41.5 Å².